The van der Waals surface area contributed by atoms with Gasteiger partial charge in [0.2, 0.25) is 0 Å². The Hall–Kier alpha value is -3.53. The Morgan fingerprint density at radius 3 is 2.41 bits per heavy atom. The van der Waals surface area contributed by atoms with Crippen LogP contribution in [0.25, 0.3) is 6.08 Å². The first-order valence-corrected chi connectivity index (χ1v) is 8.53. The molecule has 3 aromatic rings. The Kier molecular flexibility index (Phi) is 5.90. The zero-order valence-electron chi connectivity index (χ0n) is 15.0. The number of rotatable bonds is 7. The first-order valence-electron chi connectivity index (χ1n) is 8.53. The molecule has 0 radical (unpaired) electrons. The first kappa shape index (κ1) is 18.3. The van der Waals surface area contributed by atoms with Crippen molar-refractivity contribution in [3.63, 3.8) is 0 Å². The highest BCUT2D eigenvalue weighted by molar-refractivity contribution is 6.10. The minimum atomic E-state index is -0.345. The van der Waals surface area contributed by atoms with Crippen LogP contribution in [0, 0.1) is 0 Å². The SMILES string of the molecule is COc1ccccc1C=CC(=O)c1c(O)cccc1OCc1ccccc1. The fourth-order valence-electron chi connectivity index (χ4n) is 2.68. The Balaban J connectivity index is 1.82. The van der Waals surface area contributed by atoms with Crippen LogP contribution in [0.4, 0.5) is 0 Å². The second-order valence-electron chi connectivity index (χ2n) is 5.86. The van der Waals surface area contributed by atoms with Gasteiger partial charge in [0.15, 0.2) is 5.78 Å². The smallest absolute Gasteiger partial charge is 0.193 e. The topological polar surface area (TPSA) is 55.8 Å². The van der Waals surface area contributed by atoms with Crippen LogP contribution in [0.3, 0.4) is 0 Å². The van der Waals surface area contributed by atoms with Crippen LogP contribution in [0.1, 0.15) is 21.5 Å². The van der Waals surface area contributed by atoms with Crippen LogP contribution in [-0.4, -0.2) is 18.0 Å². The Labute approximate surface area is 158 Å². The fourth-order valence-corrected chi connectivity index (χ4v) is 2.68. The molecule has 0 bridgehead atoms. The number of carbonyl (C=O) groups excluding carboxylic acids is 1. The number of phenols is 1. The van der Waals surface area contributed by atoms with Gasteiger partial charge in [-0.05, 0) is 35.9 Å². The predicted molar refractivity (Wildman–Crippen MR) is 105 cm³/mol. The number of allylic oxidation sites excluding steroid dienone is 1. The van der Waals surface area contributed by atoms with Crippen molar-refractivity contribution in [2.75, 3.05) is 7.11 Å². The second kappa shape index (κ2) is 8.72. The second-order valence-corrected chi connectivity index (χ2v) is 5.86. The molecule has 4 nitrogen and oxygen atoms in total. The lowest BCUT2D eigenvalue weighted by Crippen LogP contribution is -2.03. The van der Waals surface area contributed by atoms with E-state index in [2.05, 4.69) is 0 Å². The van der Waals surface area contributed by atoms with E-state index in [0.717, 1.165) is 11.1 Å². The van der Waals surface area contributed by atoms with Crippen LogP contribution in [0.15, 0.2) is 78.9 Å². The lowest BCUT2D eigenvalue weighted by molar-refractivity contribution is 0.104. The lowest BCUT2D eigenvalue weighted by Gasteiger charge is -2.11. The molecule has 0 aliphatic heterocycles. The van der Waals surface area contributed by atoms with Crippen molar-refractivity contribution in [3.05, 3.63) is 95.6 Å². The van der Waals surface area contributed by atoms with Crippen LogP contribution >= 0.6 is 0 Å². The summed E-state index contributed by atoms with van der Waals surface area (Å²) < 4.78 is 11.1. The third-order valence-corrected chi connectivity index (χ3v) is 4.04. The van der Waals surface area contributed by atoms with E-state index >= 15 is 0 Å². The van der Waals surface area contributed by atoms with E-state index in [1.54, 1.807) is 25.3 Å². The van der Waals surface area contributed by atoms with E-state index in [1.807, 2.05) is 54.6 Å². The molecule has 0 unspecified atom stereocenters. The Morgan fingerprint density at radius 2 is 1.63 bits per heavy atom. The molecule has 1 N–H and O–H groups in total. The van der Waals surface area contributed by atoms with Gasteiger partial charge < -0.3 is 14.6 Å². The normalized spacial score (nSPS) is 10.7. The van der Waals surface area contributed by atoms with E-state index in [4.69, 9.17) is 9.47 Å². The Morgan fingerprint density at radius 1 is 0.926 bits per heavy atom. The summed E-state index contributed by atoms with van der Waals surface area (Å²) in [5, 5.41) is 10.2. The first-order chi connectivity index (χ1) is 13.2. The number of aromatic hydroxyl groups is 1. The number of carbonyl (C=O) groups is 1. The molecule has 0 aromatic heterocycles. The van der Waals surface area contributed by atoms with Gasteiger partial charge in [0, 0.05) is 5.56 Å². The molecule has 0 spiro atoms. The maximum atomic E-state index is 12.7. The van der Waals surface area contributed by atoms with Crippen LogP contribution < -0.4 is 9.47 Å². The molecule has 0 aliphatic rings. The van der Waals surface area contributed by atoms with Crippen LogP contribution in [0.2, 0.25) is 0 Å². The van der Waals surface area contributed by atoms with Crippen molar-refractivity contribution in [2.24, 2.45) is 0 Å². The number of hydrogen-bond acceptors (Lipinski definition) is 4. The van der Waals surface area contributed by atoms with Gasteiger partial charge in [-0.2, -0.15) is 0 Å². The van der Waals surface area contributed by atoms with E-state index in [9.17, 15) is 9.90 Å². The number of benzene rings is 3. The van der Waals surface area contributed by atoms with Gasteiger partial charge in [-0.3, -0.25) is 4.79 Å². The quantitative estimate of drug-likeness (QED) is 0.482. The van der Waals surface area contributed by atoms with Crippen molar-refractivity contribution in [1.82, 2.24) is 0 Å². The molecule has 27 heavy (non-hydrogen) atoms. The highest BCUT2D eigenvalue weighted by atomic mass is 16.5. The van der Waals surface area contributed by atoms with Crippen molar-refractivity contribution < 1.29 is 19.4 Å². The largest absolute Gasteiger partial charge is 0.507 e. The molecular weight excluding hydrogens is 340 g/mol. The number of para-hydroxylation sites is 1. The molecule has 0 amide bonds. The molecule has 0 fully saturated rings. The zero-order chi connectivity index (χ0) is 19.1. The Bertz CT molecular complexity index is 946. The minimum absolute atomic E-state index is 0.116. The van der Waals surface area contributed by atoms with Crippen LogP contribution in [-0.2, 0) is 6.61 Å². The fraction of sp³-hybridized carbons (Fsp3) is 0.0870. The minimum Gasteiger partial charge on any atom is -0.507 e. The van der Waals surface area contributed by atoms with Gasteiger partial charge in [-0.25, -0.2) is 0 Å². The van der Waals surface area contributed by atoms with Gasteiger partial charge in [0.25, 0.3) is 0 Å². The van der Waals surface area contributed by atoms with Gasteiger partial charge in [0.1, 0.15) is 29.4 Å². The van der Waals surface area contributed by atoms with Gasteiger partial charge >= 0.3 is 0 Å². The molecule has 4 heteroatoms. The molecule has 136 valence electrons. The van der Waals surface area contributed by atoms with Gasteiger partial charge in [0.05, 0.1) is 7.11 Å². The molecule has 0 saturated heterocycles. The average Bonchev–Trinajstić information content (AvgIpc) is 2.71. The van der Waals surface area contributed by atoms with Crippen molar-refractivity contribution in [1.29, 1.82) is 0 Å². The summed E-state index contributed by atoms with van der Waals surface area (Å²) in [6.45, 7) is 0.306. The molecular formula is C23H20O4. The molecule has 0 heterocycles. The summed E-state index contributed by atoms with van der Waals surface area (Å²) in [7, 11) is 1.58. The predicted octanol–water partition coefficient (Wildman–Crippen LogP) is 4.88. The monoisotopic (exact) mass is 360 g/mol. The highest BCUT2D eigenvalue weighted by Gasteiger charge is 2.15. The average molecular weight is 360 g/mol. The molecule has 0 atom stereocenters. The third-order valence-electron chi connectivity index (χ3n) is 4.04. The van der Waals surface area contributed by atoms with E-state index in [0.29, 0.717) is 18.1 Å². The maximum Gasteiger partial charge on any atom is 0.193 e. The standard InChI is InChI=1S/C23H20O4/c1-26-21-12-6-5-10-18(21)14-15-20(25)23-19(24)11-7-13-22(23)27-16-17-8-3-2-4-9-17/h2-15,24H,16H2,1H3. The summed E-state index contributed by atoms with van der Waals surface area (Å²) in [4.78, 5) is 12.7. The van der Waals surface area contributed by atoms with Crippen molar-refractivity contribution >= 4 is 11.9 Å². The van der Waals surface area contributed by atoms with Crippen molar-refractivity contribution in [2.45, 2.75) is 6.61 Å². The number of ether oxygens (including phenoxy) is 2. The lowest BCUT2D eigenvalue weighted by atomic mass is 10.1. The molecule has 0 aliphatic carbocycles. The van der Waals surface area contributed by atoms with Gasteiger partial charge in [-0.1, -0.05) is 54.6 Å². The summed E-state index contributed by atoms with van der Waals surface area (Å²) in [6.07, 6.45) is 3.07. The van der Waals surface area contributed by atoms with Crippen molar-refractivity contribution in [3.8, 4) is 17.2 Å². The maximum absolute atomic E-state index is 12.7. The number of ketones is 1. The molecule has 3 aromatic carbocycles. The molecule has 3 rings (SSSR count). The highest BCUT2D eigenvalue weighted by Crippen LogP contribution is 2.29. The summed E-state index contributed by atoms with van der Waals surface area (Å²) in [5.41, 5.74) is 1.89. The van der Waals surface area contributed by atoms with Gasteiger partial charge in [-0.15, -0.1) is 0 Å². The van der Waals surface area contributed by atoms with Crippen LogP contribution in [0.5, 0.6) is 17.2 Å². The molecule has 0 saturated carbocycles. The summed E-state index contributed by atoms with van der Waals surface area (Å²) >= 11 is 0. The summed E-state index contributed by atoms with van der Waals surface area (Å²) in [6, 6.07) is 21.8. The van der Waals surface area contributed by atoms with E-state index in [1.165, 1.54) is 12.1 Å². The number of methoxy groups -OCH3 is 1. The van der Waals surface area contributed by atoms with E-state index in [-0.39, 0.29) is 17.1 Å². The number of hydrogen-bond donors (Lipinski definition) is 1. The van der Waals surface area contributed by atoms with E-state index < -0.39 is 0 Å². The zero-order valence-corrected chi connectivity index (χ0v) is 15.0. The number of phenolic OH excluding ortho intramolecular Hbond substituents is 1. The third kappa shape index (κ3) is 4.55. The summed E-state index contributed by atoms with van der Waals surface area (Å²) in [5.74, 6) is 0.547.